The topological polar surface area (TPSA) is 158 Å². The first kappa shape index (κ1) is 37.9. The minimum atomic E-state index is -1.70. The van der Waals surface area contributed by atoms with E-state index < -0.39 is 89.2 Å². The summed E-state index contributed by atoms with van der Waals surface area (Å²) >= 11 is 0. The maximum absolute atomic E-state index is 15.3. The quantitative estimate of drug-likeness (QED) is 0.264. The van der Waals surface area contributed by atoms with Gasteiger partial charge in [-0.15, -0.1) is 0 Å². The van der Waals surface area contributed by atoms with Gasteiger partial charge in [0.05, 0.1) is 29.8 Å². The fraction of sp³-hybridized carbons (Fsp3) is 0.541. The van der Waals surface area contributed by atoms with Crippen LogP contribution < -0.4 is 9.47 Å². The van der Waals surface area contributed by atoms with Crippen LogP contribution in [-0.2, 0) is 28.6 Å². The van der Waals surface area contributed by atoms with Crippen LogP contribution in [-0.4, -0.2) is 88.5 Å². The molecule has 49 heavy (non-hydrogen) atoms. The van der Waals surface area contributed by atoms with E-state index in [0.29, 0.717) is 17.1 Å². The standard InChI is InChI=1S/C37H44O11.Ac/c1-21-25(38)17-37(43)22(2)32-35(5,26(16-27-36(32,42)20-46-27)47-28(39)18-44-23-12-8-6-9-13-23)33(41)31(30(21)34(37,3)4)48-29(40)19-45-24-14-10-7-11-15-24;/h6-15,22,25-27,31-32,38,42-43H,16-20H2,1-5H3;. The van der Waals surface area contributed by atoms with Crippen molar-refractivity contribution in [3.05, 3.63) is 71.8 Å². The summed E-state index contributed by atoms with van der Waals surface area (Å²) in [6, 6.07) is 17.4. The molecule has 3 N–H and O–H groups in total. The van der Waals surface area contributed by atoms with Crippen LogP contribution in [0.1, 0.15) is 47.5 Å². The van der Waals surface area contributed by atoms with E-state index in [1.165, 1.54) is 0 Å². The second-order valence-electron chi connectivity index (χ2n) is 14.4. The zero-order valence-electron chi connectivity index (χ0n) is 28.5. The van der Waals surface area contributed by atoms with Gasteiger partial charge in [-0.25, -0.2) is 9.59 Å². The molecule has 12 heteroatoms. The first-order valence-corrected chi connectivity index (χ1v) is 16.4. The number of benzene rings is 2. The number of hydrogen-bond donors (Lipinski definition) is 3. The number of rotatable bonds is 8. The van der Waals surface area contributed by atoms with Gasteiger partial charge in [0.25, 0.3) is 0 Å². The van der Waals surface area contributed by atoms with Crippen molar-refractivity contribution in [2.75, 3.05) is 19.8 Å². The molecule has 11 nitrogen and oxygen atoms in total. The van der Waals surface area contributed by atoms with Gasteiger partial charge >= 0.3 is 11.9 Å². The van der Waals surface area contributed by atoms with Gasteiger partial charge in [0.2, 0.25) is 0 Å². The number of fused-ring (bicyclic) bond motifs is 5. The minimum Gasteiger partial charge on any atom is -0.482 e. The molecule has 2 aromatic carbocycles. The summed E-state index contributed by atoms with van der Waals surface area (Å²) in [4.78, 5) is 42.0. The number of carbonyl (C=O) groups is 3. The summed E-state index contributed by atoms with van der Waals surface area (Å²) in [6.45, 7) is 7.46. The normalized spacial score (nSPS) is 36.0. The van der Waals surface area contributed by atoms with Crippen molar-refractivity contribution in [1.29, 1.82) is 0 Å². The summed E-state index contributed by atoms with van der Waals surface area (Å²) in [5.41, 5.74) is -5.50. The Kier molecular flexibility index (Phi) is 10.8. The van der Waals surface area contributed by atoms with E-state index in [9.17, 15) is 24.9 Å². The summed E-state index contributed by atoms with van der Waals surface area (Å²) in [6.07, 6.45) is -4.81. The maximum atomic E-state index is 15.3. The molecular weight excluding hydrogens is 847 g/mol. The Hall–Kier alpha value is -2.33. The Morgan fingerprint density at radius 3 is 1.94 bits per heavy atom. The third-order valence-electron chi connectivity index (χ3n) is 11.5. The summed E-state index contributed by atoms with van der Waals surface area (Å²) in [7, 11) is 0. The van der Waals surface area contributed by atoms with Crippen LogP contribution in [0.25, 0.3) is 0 Å². The van der Waals surface area contributed by atoms with E-state index in [1.807, 2.05) is 6.07 Å². The van der Waals surface area contributed by atoms with Gasteiger partial charge in [0.15, 0.2) is 25.1 Å². The van der Waals surface area contributed by atoms with Crippen LogP contribution in [0.5, 0.6) is 11.5 Å². The van der Waals surface area contributed by atoms with Crippen molar-refractivity contribution in [2.45, 2.75) is 83.1 Å². The molecule has 4 aliphatic rings. The Balaban J connectivity index is 0.00000468. The van der Waals surface area contributed by atoms with Crippen molar-refractivity contribution in [3.63, 3.8) is 0 Å². The number of esters is 2. The van der Waals surface area contributed by atoms with Gasteiger partial charge < -0.3 is 39.0 Å². The first-order valence-electron chi connectivity index (χ1n) is 16.4. The fourth-order valence-electron chi connectivity index (χ4n) is 8.90. The van der Waals surface area contributed by atoms with Crippen LogP contribution in [0, 0.1) is 66.7 Å². The predicted molar refractivity (Wildman–Crippen MR) is 171 cm³/mol. The van der Waals surface area contributed by atoms with Gasteiger partial charge in [0.1, 0.15) is 23.2 Å². The monoisotopic (exact) mass is 891 g/mol. The number of ether oxygens (including phenoxy) is 5. The van der Waals surface area contributed by atoms with Crippen LogP contribution >= 0.6 is 0 Å². The SMILES string of the molecule is CC1=C2C(OC(=O)COc3ccccc3)C(=O)C3(C)C(OC(=O)COc4ccccc4)CC4OCC4(O)C3C(C)C(O)(CC1O)C2(C)C.[Ac]. The molecule has 1 radical (unpaired) electrons. The molecule has 3 fully saturated rings. The van der Waals surface area contributed by atoms with E-state index in [0.717, 1.165) is 0 Å². The van der Waals surface area contributed by atoms with Gasteiger partial charge in [-0.1, -0.05) is 57.2 Å². The minimum absolute atomic E-state index is 0. The van der Waals surface area contributed by atoms with E-state index >= 15 is 4.79 Å². The molecule has 9 atom stereocenters. The zero-order valence-corrected chi connectivity index (χ0v) is 33.2. The average molecular weight is 892 g/mol. The van der Waals surface area contributed by atoms with Gasteiger partial charge in [-0.05, 0) is 55.2 Å². The number of hydrogen-bond acceptors (Lipinski definition) is 11. The average Bonchev–Trinajstić information content (AvgIpc) is 3.06. The molecule has 2 aromatic rings. The predicted octanol–water partition coefficient (Wildman–Crippen LogP) is 3.18. The number of ketones is 1. The van der Waals surface area contributed by atoms with E-state index in [1.54, 1.807) is 89.2 Å². The Morgan fingerprint density at radius 1 is 0.898 bits per heavy atom. The summed E-state index contributed by atoms with van der Waals surface area (Å²) in [5, 5.41) is 36.2. The van der Waals surface area contributed by atoms with Crippen molar-refractivity contribution < 1.29 is 97.4 Å². The fourth-order valence-corrected chi connectivity index (χ4v) is 8.90. The number of Topliss-reactive ketones (excluding diaryl/α,β-unsaturated/α-hetero) is 1. The molecule has 261 valence electrons. The smallest absolute Gasteiger partial charge is 0.345 e. The van der Waals surface area contributed by atoms with E-state index in [2.05, 4.69) is 0 Å². The molecule has 1 aliphatic heterocycles. The Morgan fingerprint density at radius 2 is 1.43 bits per heavy atom. The number of para-hydroxylation sites is 2. The van der Waals surface area contributed by atoms with Crippen LogP contribution in [0.15, 0.2) is 71.8 Å². The Bertz CT molecular complexity index is 1600. The van der Waals surface area contributed by atoms with Crippen LogP contribution in [0.3, 0.4) is 0 Å². The summed E-state index contributed by atoms with van der Waals surface area (Å²) < 4.78 is 29.1. The molecular formula is C37H44AcO11. The van der Waals surface area contributed by atoms with E-state index in [-0.39, 0.29) is 69.1 Å². The molecule has 0 aromatic heterocycles. The molecule has 0 spiro atoms. The van der Waals surface area contributed by atoms with Crippen LogP contribution in [0.4, 0.5) is 0 Å². The van der Waals surface area contributed by atoms with Gasteiger partial charge in [-0.3, -0.25) is 4.79 Å². The van der Waals surface area contributed by atoms with E-state index in [4.69, 9.17) is 23.7 Å². The molecule has 9 unspecified atom stereocenters. The summed E-state index contributed by atoms with van der Waals surface area (Å²) in [5.74, 6) is -3.19. The third-order valence-corrected chi connectivity index (χ3v) is 11.5. The second kappa shape index (κ2) is 14.0. The molecule has 2 saturated carbocycles. The van der Waals surface area contributed by atoms with Gasteiger partial charge in [0, 0.05) is 68.2 Å². The molecule has 6 rings (SSSR count). The van der Waals surface area contributed by atoms with Gasteiger partial charge in [-0.2, -0.15) is 0 Å². The largest absolute Gasteiger partial charge is 0.482 e. The number of aliphatic hydroxyl groups excluding tert-OH is 1. The molecule has 3 aliphatic carbocycles. The molecule has 0 amide bonds. The van der Waals surface area contributed by atoms with Crippen LogP contribution in [0.2, 0.25) is 0 Å². The third kappa shape index (κ3) is 6.29. The first-order chi connectivity index (χ1) is 22.6. The van der Waals surface area contributed by atoms with Crippen molar-refractivity contribution in [1.82, 2.24) is 0 Å². The number of aliphatic hydroxyl groups is 3. The molecule has 1 heterocycles. The number of carbonyl (C=O) groups excluding carboxylic acids is 3. The van der Waals surface area contributed by atoms with Crippen molar-refractivity contribution >= 4 is 17.7 Å². The zero-order chi connectivity index (χ0) is 34.6. The maximum Gasteiger partial charge on any atom is 0.345 e. The van der Waals surface area contributed by atoms with Crippen molar-refractivity contribution in [2.24, 2.45) is 22.7 Å². The van der Waals surface area contributed by atoms with Crippen molar-refractivity contribution in [3.8, 4) is 11.5 Å². The second-order valence-corrected chi connectivity index (χ2v) is 14.4. The molecule has 1 saturated heterocycles. The Labute approximate surface area is 321 Å². The molecule has 2 bridgehead atoms.